The quantitative estimate of drug-likeness (QED) is 0.123. The molecule has 7 N–H and O–H groups in total. The molecule has 1 heterocycles. The van der Waals surface area contributed by atoms with E-state index in [1.165, 1.54) is 35.8 Å². The van der Waals surface area contributed by atoms with Crippen LogP contribution in [0.15, 0.2) is 24.3 Å². The van der Waals surface area contributed by atoms with E-state index in [-0.39, 0.29) is 59.6 Å². The molecule has 5 atom stereocenters. The van der Waals surface area contributed by atoms with Gasteiger partial charge < -0.3 is 54.9 Å². The normalized spacial score (nSPS) is 27.2. The molecule has 0 radical (unpaired) electrons. The van der Waals surface area contributed by atoms with Gasteiger partial charge in [0, 0.05) is 23.5 Å². The van der Waals surface area contributed by atoms with Crippen LogP contribution in [0.5, 0.6) is 28.7 Å². The molecule has 270 valence electrons. The molecule has 2 aromatic carbocycles. The van der Waals surface area contributed by atoms with Crippen molar-refractivity contribution in [3.8, 4) is 28.7 Å². The van der Waals surface area contributed by atoms with E-state index in [9.17, 15) is 30.6 Å². The second-order valence-corrected chi connectivity index (χ2v) is 15.4. The molecule has 0 bridgehead atoms. The van der Waals surface area contributed by atoms with Crippen LogP contribution in [0.1, 0.15) is 66.9 Å². The van der Waals surface area contributed by atoms with Crippen molar-refractivity contribution in [3.63, 3.8) is 0 Å². The van der Waals surface area contributed by atoms with Crippen molar-refractivity contribution in [2.45, 2.75) is 87.5 Å². The van der Waals surface area contributed by atoms with Crippen LogP contribution in [-0.2, 0) is 17.6 Å². The van der Waals surface area contributed by atoms with Gasteiger partial charge in [0.05, 0.1) is 38.6 Å². The Balaban J connectivity index is 1.60. The van der Waals surface area contributed by atoms with Crippen LogP contribution < -0.4 is 19.5 Å². The highest BCUT2D eigenvalue weighted by Gasteiger charge is 2.32. The Morgan fingerprint density at radius 2 is 1.58 bits per heavy atom. The Morgan fingerprint density at radius 1 is 0.875 bits per heavy atom. The third-order valence-corrected chi connectivity index (χ3v) is 12.4. The molecule has 2 aromatic rings. The molecule has 1 aliphatic carbocycles. The van der Waals surface area contributed by atoms with Crippen molar-refractivity contribution in [1.29, 1.82) is 0 Å². The molecule has 0 spiro atoms. The number of phenolic OH excluding ortho intramolecular Hbond substituents is 2. The van der Waals surface area contributed by atoms with Gasteiger partial charge in [0.15, 0.2) is 23.0 Å². The summed E-state index contributed by atoms with van der Waals surface area (Å²) in [5, 5.41) is 67.4. The second-order valence-electron chi connectivity index (χ2n) is 12.8. The fraction of sp³-hybridized carbons (Fsp3) is 0.657. The van der Waals surface area contributed by atoms with E-state index in [4.69, 9.17) is 18.9 Å². The minimum Gasteiger partial charge on any atom is -0.504 e. The minimum atomic E-state index is -0.988. The van der Waals surface area contributed by atoms with E-state index >= 15 is 0 Å². The first kappa shape index (κ1) is 38.7. The van der Waals surface area contributed by atoms with Crippen LogP contribution in [0, 0.1) is 11.8 Å². The summed E-state index contributed by atoms with van der Waals surface area (Å²) in [6.45, 7) is 0.405. The molecule has 1 aliphatic heterocycles. The SMILES string of the molecule is CNCC1CCC(Oc2cc3c(cc2O)[C@H](CCO)SSC[C@H](O)[C@@H](Cc2cc(OC)c(O)c(OC)c2)[C@H](O)C[C@@H](OCO)CC3)CC1. The van der Waals surface area contributed by atoms with Crippen molar-refractivity contribution >= 4 is 21.6 Å². The predicted octanol–water partition coefficient (Wildman–Crippen LogP) is 4.33. The number of methoxy groups -OCH3 is 2. The van der Waals surface area contributed by atoms with Crippen molar-refractivity contribution in [2.75, 3.05) is 47.0 Å². The molecule has 13 heteroatoms. The second kappa shape index (κ2) is 19.3. The van der Waals surface area contributed by atoms with Crippen LogP contribution in [0.25, 0.3) is 0 Å². The van der Waals surface area contributed by atoms with Crippen LogP contribution in [-0.4, -0.2) is 102 Å². The van der Waals surface area contributed by atoms with Crippen molar-refractivity contribution in [1.82, 2.24) is 5.32 Å². The van der Waals surface area contributed by atoms with Crippen molar-refractivity contribution < 1.29 is 49.6 Å². The van der Waals surface area contributed by atoms with E-state index < -0.39 is 31.0 Å². The molecule has 2 aliphatic rings. The Labute approximate surface area is 291 Å². The molecule has 48 heavy (non-hydrogen) atoms. The third-order valence-electron chi connectivity index (χ3n) is 9.51. The fourth-order valence-corrected chi connectivity index (χ4v) is 9.75. The molecule has 0 amide bonds. The average Bonchev–Trinajstić information content (AvgIpc) is 3.08. The van der Waals surface area contributed by atoms with Gasteiger partial charge in [0.1, 0.15) is 6.79 Å². The smallest absolute Gasteiger partial charge is 0.200 e. The van der Waals surface area contributed by atoms with Gasteiger partial charge in [-0.3, -0.25) is 0 Å². The van der Waals surface area contributed by atoms with Crippen LogP contribution in [0.3, 0.4) is 0 Å². The van der Waals surface area contributed by atoms with Gasteiger partial charge in [-0.1, -0.05) is 21.6 Å². The van der Waals surface area contributed by atoms with Gasteiger partial charge in [0.2, 0.25) is 5.75 Å². The Bertz CT molecular complexity index is 1250. The van der Waals surface area contributed by atoms with Gasteiger partial charge in [-0.15, -0.1) is 0 Å². The number of benzene rings is 2. The van der Waals surface area contributed by atoms with E-state index in [2.05, 4.69) is 5.32 Å². The minimum absolute atomic E-state index is 0.0162. The Morgan fingerprint density at radius 3 is 2.21 bits per heavy atom. The zero-order chi connectivity index (χ0) is 34.6. The number of aryl methyl sites for hydroxylation is 1. The molecule has 4 rings (SSSR count). The zero-order valence-corrected chi connectivity index (χ0v) is 29.8. The molecule has 1 saturated carbocycles. The fourth-order valence-electron chi connectivity index (χ4n) is 6.85. The lowest BCUT2D eigenvalue weighted by Crippen LogP contribution is -2.38. The number of hydrogen-bond acceptors (Lipinski definition) is 13. The highest BCUT2D eigenvalue weighted by Crippen LogP contribution is 2.46. The summed E-state index contributed by atoms with van der Waals surface area (Å²) in [5.41, 5.74) is 2.52. The van der Waals surface area contributed by atoms with Gasteiger partial charge in [-0.25, -0.2) is 0 Å². The van der Waals surface area contributed by atoms with Gasteiger partial charge in [0.25, 0.3) is 0 Å². The molecular weight excluding hydrogens is 659 g/mol. The number of fused-ring (bicyclic) bond motifs is 1. The summed E-state index contributed by atoms with van der Waals surface area (Å²) in [6.07, 6.45) is 3.36. The Hall–Kier alpha value is -2.10. The first-order valence-corrected chi connectivity index (χ1v) is 19.2. The standard InChI is InChI=1S/C35H53NO10S2/c1-36-18-21-4-7-24(8-5-21)46-31-15-23-6-9-25(45-20-38)16-28(39)27(12-22-13-32(43-2)35(42)33(14-22)44-3)30(41)19-47-48-34(10-11-37)26(23)17-29(31)40/h13-15,17,21,24-25,27-28,30,34,36-42H,4-12,16,18-20H2,1-3H3/t21?,24?,25-,27-,28+,30-,34-/m0/s1. The largest absolute Gasteiger partial charge is 0.504 e. The van der Waals surface area contributed by atoms with Crippen LogP contribution >= 0.6 is 21.6 Å². The zero-order valence-electron chi connectivity index (χ0n) is 28.2. The summed E-state index contributed by atoms with van der Waals surface area (Å²) in [7, 11) is 7.82. The maximum Gasteiger partial charge on any atom is 0.200 e. The lowest BCUT2D eigenvalue weighted by Gasteiger charge is -2.30. The van der Waals surface area contributed by atoms with Crippen molar-refractivity contribution in [2.24, 2.45) is 11.8 Å². The molecule has 0 unspecified atom stereocenters. The molecular formula is C35H53NO10S2. The molecule has 0 saturated heterocycles. The monoisotopic (exact) mass is 711 g/mol. The highest BCUT2D eigenvalue weighted by atomic mass is 33.1. The topological polar surface area (TPSA) is 170 Å². The average molecular weight is 712 g/mol. The predicted molar refractivity (Wildman–Crippen MR) is 188 cm³/mol. The van der Waals surface area contributed by atoms with E-state index in [1.807, 2.05) is 13.1 Å². The van der Waals surface area contributed by atoms with E-state index in [1.54, 1.807) is 18.2 Å². The maximum atomic E-state index is 11.6. The van der Waals surface area contributed by atoms with E-state index in [0.29, 0.717) is 36.5 Å². The first-order valence-electron chi connectivity index (χ1n) is 16.8. The number of phenols is 2. The summed E-state index contributed by atoms with van der Waals surface area (Å²) < 4.78 is 22.7. The lowest BCUT2D eigenvalue weighted by molar-refractivity contribution is -0.0808. The number of ether oxygens (including phenoxy) is 4. The number of nitrogens with one attached hydrogen (secondary N) is 1. The summed E-state index contributed by atoms with van der Waals surface area (Å²) in [6, 6.07) is 6.97. The van der Waals surface area contributed by atoms with Crippen LogP contribution in [0.2, 0.25) is 0 Å². The first-order chi connectivity index (χ1) is 23.2. The summed E-state index contributed by atoms with van der Waals surface area (Å²) in [5.74, 6) is 1.10. The van der Waals surface area contributed by atoms with Gasteiger partial charge >= 0.3 is 0 Å². The Kier molecular flexibility index (Phi) is 15.6. The number of aromatic hydroxyl groups is 2. The van der Waals surface area contributed by atoms with Crippen molar-refractivity contribution in [3.05, 3.63) is 41.0 Å². The molecule has 11 nitrogen and oxygen atoms in total. The lowest BCUT2D eigenvalue weighted by atomic mass is 9.85. The highest BCUT2D eigenvalue weighted by molar-refractivity contribution is 8.76. The number of aliphatic hydroxyl groups excluding tert-OH is 4. The van der Waals surface area contributed by atoms with Gasteiger partial charge in [-0.2, -0.15) is 0 Å². The molecule has 1 fully saturated rings. The maximum absolute atomic E-state index is 11.6. The molecule has 0 aromatic heterocycles. The summed E-state index contributed by atoms with van der Waals surface area (Å²) in [4.78, 5) is 0. The summed E-state index contributed by atoms with van der Waals surface area (Å²) >= 11 is 0. The number of rotatable bonds is 12. The number of hydrogen-bond donors (Lipinski definition) is 7. The van der Waals surface area contributed by atoms with Gasteiger partial charge in [-0.05, 0) is 118 Å². The third kappa shape index (κ3) is 10.5. The van der Waals surface area contributed by atoms with Crippen LogP contribution in [0.4, 0.5) is 0 Å². The number of aliphatic hydroxyl groups is 4. The van der Waals surface area contributed by atoms with E-state index in [0.717, 1.165) is 43.4 Å².